The van der Waals surface area contributed by atoms with Gasteiger partial charge in [0, 0.05) is 18.2 Å². The molecule has 16 heavy (non-hydrogen) atoms. The minimum Gasteiger partial charge on any atom is -0.497 e. The molecule has 0 aliphatic heterocycles. The first kappa shape index (κ1) is 10.8. The van der Waals surface area contributed by atoms with Crippen molar-refractivity contribution < 1.29 is 4.74 Å². The van der Waals surface area contributed by atoms with E-state index in [1.807, 2.05) is 12.1 Å². The molecule has 0 amide bonds. The molecule has 0 bridgehead atoms. The average molecular weight is 238 g/mol. The Morgan fingerprint density at radius 1 is 1.38 bits per heavy atom. The van der Waals surface area contributed by atoms with E-state index in [2.05, 4.69) is 5.10 Å². The molecular weight excluding hydrogens is 226 g/mol. The maximum Gasteiger partial charge on any atom is 0.129 e. The van der Waals surface area contributed by atoms with Crippen molar-refractivity contribution in [1.29, 1.82) is 0 Å². The van der Waals surface area contributed by atoms with E-state index in [0.717, 1.165) is 16.9 Å². The Bertz CT molecular complexity index is 522. The topological polar surface area (TPSA) is 53.1 Å². The first-order valence-electron chi connectivity index (χ1n) is 4.75. The lowest BCUT2D eigenvalue weighted by Crippen LogP contribution is -1.98. The second-order valence-electron chi connectivity index (χ2n) is 3.41. The van der Waals surface area contributed by atoms with Gasteiger partial charge in [0.15, 0.2) is 0 Å². The number of benzene rings is 1. The van der Waals surface area contributed by atoms with Gasteiger partial charge in [-0.3, -0.25) is 4.68 Å². The van der Waals surface area contributed by atoms with Crippen molar-refractivity contribution in [2.24, 2.45) is 7.05 Å². The third-order valence-electron chi connectivity index (χ3n) is 2.45. The molecule has 0 saturated carbocycles. The number of nitrogens with zero attached hydrogens (tertiary/aromatic N) is 2. The highest BCUT2D eigenvalue weighted by Crippen LogP contribution is 2.33. The van der Waals surface area contributed by atoms with Gasteiger partial charge in [0.1, 0.15) is 11.6 Å². The molecule has 0 radical (unpaired) electrons. The fourth-order valence-electron chi connectivity index (χ4n) is 1.50. The van der Waals surface area contributed by atoms with Crippen LogP contribution < -0.4 is 10.5 Å². The third kappa shape index (κ3) is 1.72. The molecule has 0 atom stereocenters. The standard InChI is InChI=1S/C11H12ClN3O/c1-15-11(13)9(6-14-15)8-4-3-7(16-2)5-10(8)12/h3-6H,13H2,1-2H3. The van der Waals surface area contributed by atoms with Gasteiger partial charge in [0.2, 0.25) is 0 Å². The van der Waals surface area contributed by atoms with Gasteiger partial charge < -0.3 is 10.5 Å². The van der Waals surface area contributed by atoms with Crippen LogP contribution in [0.4, 0.5) is 5.82 Å². The number of rotatable bonds is 2. The fraction of sp³-hybridized carbons (Fsp3) is 0.182. The average Bonchev–Trinajstić information content (AvgIpc) is 2.60. The van der Waals surface area contributed by atoms with Crippen molar-refractivity contribution in [3.8, 4) is 16.9 Å². The molecule has 0 saturated heterocycles. The largest absolute Gasteiger partial charge is 0.497 e. The van der Waals surface area contributed by atoms with E-state index in [0.29, 0.717) is 10.8 Å². The molecule has 2 N–H and O–H groups in total. The quantitative estimate of drug-likeness (QED) is 0.872. The second kappa shape index (κ2) is 4.06. The van der Waals surface area contributed by atoms with Crippen LogP contribution in [0.2, 0.25) is 5.02 Å². The monoisotopic (exact) mass is 237 g/mol. The lowest BCUT2D eigenvalue weighted by molar-refractivity contribution is 0.415. The summed E-state index contributed by atoms with van der Waals surface area (Å²) >= 11 is 6.15. The van der Waals surface area contributed by atoms with Crippen molar-refractivity contribution in [3.05, 3.63) is 29.4 Å². The second-order valence-corrected chi connectivity index (χ2v) is 3.82. The summed E-state index contributed by atoms with van der Waals surface area (Å²) in [6, 6.07) is 5.46. The fourth-order valence-corrected chi connectivity index (χ4v) is 1.77. The third-order valence-corrected chi connectivity index (χ3v) is 2.76. The number of nitrogens with two attached hydrogens (primary N) is 1. The highest BCUT2D eigenvalue weighted by Gasteiger charge is 2.11. The molecule has 1 heterocycles. The van der Waals surface area contributed by atoms with Gasteiger partial charge in [0.25, 0.3) is 0 Å². The maximum absolute atomic E-state index is 6.15. The van der Waals surface area contributed by atoms with Gasteiger partial charge in [-0.2, -0.15) is 5.10 Å². The van der Waals surface area contributed by atoms with Crippen LogP contribution >= 0.6 is 11.6 Å². The van der Waals surface area contributed by atoms with Crippen molar-refractivity contribution in [1.82, 2.24) is 9.78 Å². The summed E-state index contributed by atoms with van der Waals surface area (Å²) in [5.74, 6) is 1.31. The van der Waals surface area contributed by atoms with Crippen LogP contribution in [0.3, 0.4) is 0 Å². The maximum atomic E-state index is 6.15. The zero-order valence-electron chi connectivity index (χ0n) is 9.07. The highest BCUT2D eigenvalue weighted by molar-refractivity contribution is 6.33. The summed E-state index contributed by atoms with van der Waals surface area (Å²) in [5, 5.41) is 4.67. The molecule has 0 fully saturated rings. The van der Waals surface area contributed by atoms with E-state index >= 15 is 0 Å². The van der Waals surface area contributed by atoms with Crippen molar-refractivity contribution in [3.63, 3.8) is 0 Å². The summed E-state index contributed by atoms with van der Waals surface area (Å²) < 4.78 is 6.69. The van der Waals surface area contributed by atoms with Gasteiger partial charge in [-0.1, -0.05) is 11.6 Å². The predicted octanol–water partition coefficient (Wildman–Crippen LogP) is 2.33. The molecule has 2 aromatic rings. The van der Waals surface area contributed by atoms with Gasteiger partial charge in [0.05, 0.1) is 18.3 Å². The smallest absolute Gasteiger partial charge is 0.129 e. The van der Waals surface area contributed by atoms with E-state index in [1.165, 1.54) is 0 Å². The van der Waals surface area contributed by atoms with Gasteiger partial charge in [-0.05, 0) is 18.2 Å². The Labute approximate surface area is 98.6 Å². The van der Waals surface area contributed by atoms with E-state index in [4.69, 9.17) is 22.1 Å². The van der Waals surface area contributed by atoms with Crippen LogP contribution in [0.25, 0.3) is 11.1 Å². The summed E-state index contributed by atoms with van der Waals surface area (Å²) in [5.41, 5.74) is 7.57. The Hall–Kier alpha value is -1.68. The molecule has 0 aliphatic carbocycles. The molecule has 0 unspecified atom stereocenters. The Morgan fingerprint density at radius 2 is 2.12 bits per heavy atom. The van der Waals surface area contributed by atoms with Gasteiger partial charge in [-0.25, -0.2) is 0 Å². The highest BCUT2D eigenvalue weighted by atomic mass is 35.5. The van der Waals surface area contributed by atoms with Crippen molar-refractivity contribution >= 4 is 17.4 Å². The van der Waals surface area contributed by atoms with E-state index in [9.17, 15) is 0 Å². The molecule has 4 nitrogen and oxygen atoms in total. The van der Waals surface area contributed by atoms with Crippen molar-refractivity contribution in [2.75, 3.05) is 12.8 Å². The molecular formula is C11H12ClN3O. The number of methoxy groups -OCH3 is 1. The zero-order chi connectivity index (χ0) is 11.7. The molecule has 5 heteroatoms. The van der Waals surface area contributed by atoms with E-state index in [1.54, 1.807) is 31.1 Å². The molecule has 0 aliphatic rings. The van der Waals surface area contributed by atoms with Crippen LogP contribution in [0.5, 0.6) is 5.75 Å². The first-order valence-corrected chi connectivity index (χ1v) is 5.12. The summed E-state index contributed by atoms with van der Waals surface area (Å²) in [6.45, 7) is 0. The minimum absolute atomic E-state index is 0.590. The van der Waals surface area contributed by atoms with Crippen LogP contribution in [-0.4, -0.2) is 16.9 Å². The number of hydrogen-bond acceptors (Lipinski definition) is 3. The summed E-state index contributed by atoms with van der Waals surface area (Å²) in [7, 11) is 3.39. The number of halogens is 1. The number of ether oxygens (including phenoxy) is 1. The van der Waals surface area contributed by atoms with Crippen LogP contribution in [0.15, 0.2) is 24.4 Å². The van der Waals surface area contributed by atoms with Gasteiger partial charge >= 0.3 is 0 Å². The Kier molecular flexibility index (Phi) is 2.75. The lowest BCUT2D eigenvalue weighted by atomic mass is 10.1. The number of hydrogen-bond donors (Lipinski definition) is 1. The Balaban J connectivity index is 2.52. The molecule has 84 valence electrons. The first-order chi connectivity index (χ1) is 7.63. The predicted molar refractivity (Wildman–Crippen MR) is 64.6 cm³/mol. The SMILES string of the molecule is COc1ccc(-c2cnn(C)c2N)c(Cl)c1. The molecule has 0 spiro atoms. The van der Waals surface area contributed by atoms with Crippen LogP contribution in [-0.2, 0) is 7.05 Å². The molecule has 1 aromatic carbocycles. The number of nitrogen functional groups attached to an aromatic ring is 1. The van der Waals surface area contributed by atoms with E-state index in [-0.39, 0.29) is 0 Å². The normalized spacial score (nSPS) is 10.4. The Morgan fingerprint density at radius 3 is 2.62 bits per heavy atom. The van der Waals surface area contributed by atoms with Crippen molar-refractivity contribution in [2.45, 2.75) is 0 Å². The summed E-state index contributed by atoms with van der Waals surface area (Å²) in [4.78, 5) is 0. The lowest BCUT2D eigenvalue weighted by Gasteiger charge is -2.06. The number of anilines is 1. The molecule has 1 aromatic heterocycles. The minimum atomic E-state index is 0.590. The number of aromatic nitrogens is 2. The molecule has 2 rings (SSSR count). The number of aryl methyl sites for hydroxylation is 1. The summed E-state index contributed by atoms with van der Waals surface area (Å²) in [6.07, 6.45) is 1.70. The van der Waals surface area contributed by atoms with E-state index < -0.39 is 0 Å². The van der Waals surface area contributed by atoms with Crippen LogP contribution in [0, 0.1) is 0 Å². The van der Waals surface area contributed by atoms with Crippen LogP contribution in [0.1, 0.15) is 0 Å². The zero-order valence-corrected chi connectivity index (χ0v) is 9.82. The van der Waals surface area contributed by atoms with Gasteiger partial charge in [-0.15, -0.1) is 0 Å².